The number of fused-ring (bicyclic) bond motifs is 1. The van der Waals surface area contributed by atoms with E-state index in [2.05, 4.69) is 20.6 Å². The summed E-state index contributed by atoms with van der Waals surface area (Å²) in [6, 6.07) is 12.8. The molecular formula is C22H22N4O5. The van der Waals surface area contributed by atoms with Crippen LogP contribution >= 0.6 is 0 Å². The molecule has 4 unspecified atom stereocenters. The van der Waals surface area contributed by atoms with Gasteiger partial charge in [-0.15, -0.1) is 0 Å². The second-order valence-corrected chi connectivity index (χ2v) is 7.52. The molecule has 160 valence electrons. The van der Waals surface area contributed by atoms with Gasteiger partial charge < -0.3 is 23.9 Å². The lowest BCUT2D eigenvalue weighted by Gasteiger charge is -2.18. The summed E-state index contributed by atoms with van der Waals surface area (Å²) in [5, 5.41) is 5.99. The predicted molar refractivity (Wildman–Crippen MR) is 112 cm³/mol. The number of carbonyl (C=O) groups is 1. The third-order valence-corrected chi connectivity index (χ3v) is 5.31. The van der Waals surface area contributed by atoms with Gasteiger partial charge in [-0.25, -0.2) is 14.8 Å². The van der Waals surface area contributed by atoms with E-state index in [-0.39, 0.29) is 24.9 Å². The summed E-state index contributed by atoms with van der Waals surface area (Å²) in [5.74, 6) is 1.12. The van der Waals surface area contributed by atoms with Gasteiger partial charge in [-0.3, -0.25) is 5.32 Å². The minimum absolute atomic E-state index is 0.161. The molecule has 1 amide bonds. The summed E-state index contributed by atoms with van der Waals surface area (Å²) >= 11 is 0. The van der Waals surface area contributed by atoms with E-state index < -0.39 is 12.2 Å². The average Bonchev–Trinajstić information content (AvgIpc) is 3.51. The Morgan fingerprint density at radius 3 is 2.74 bits per heavy atom. The van der Waals surface area contributed by atoms with E-state index in [4.69, 9.17) is 18.6 Å². The highest BCUT2D eigenvalue weighted by atomic mass is 16.6. The number of aromatic nitrogens is 2. The van der Waals surface area contributed by atoms with Crippen molar-refractivity contribution in [2.75, 3.05) is 23.8 Å². The molecule has 1 aromatic carbocycles. The molecule has 5 rings (SSSR count). The van der Waals surface area contributed by atoms with Gasteiger partial charge in [-0.2, -0.15) is 0 Å². The van der Waals surface area contributed by atoms with E-state index in [1.54, 1.807) is 24.6 Å². The fourth-order valence-corrected chi connectivity index (χ4v) is 3.77. The Balaban J connectivity index is 1.19. The van der Waals surface area contributed by atoms with Gasteiger partial charge in [0.15, 0.2) is 11.9 Å². The maximum Gasteiger partial charge on any atom is 0.412 e. The van der Waals surface area contributed by atoms with E-state index in [0.29, 0.717) is 29.7 Å². The Kier molecular flexibility index (Phi) is 5.27. The SMILES string of the molecule is Cc1ccc(NC(=O)OC2COC3C(Nc4nccc(-c5ccco5)n4)COC23)cc1. The molecule has 2 N–H and O–H groups in total. The zero-order chi connectivity index (χ0) is 21.2. The van der Waals surface area contributed by atoms with Crippen LogP contribution < -0.4 is 10.6 Å². The van der Waals surface area contributed by atoms with Crippen molar-refractivity contribution in [1.82, 2.24) is 9.97 Å². The molecule has 2 aromatic heterocycles. The summed E-state index contributed by atoms with van der Waals surface area (Å²) in [7, 11) is 0. The van der Waals surface area contributed by atoms with Gasteiger partial charge in [-0.1, -0.05) is 17.7 Å². The first-order valence-electron chi connectivity index (χ1n) is 10.1. The van der Waals surface area contributed by atoms with Gasteiger partial charge in [0.1, 0.15) is 17.9 Å². The fraction of sp³-hybridized carbons (Fsp3) is 0.318. The molecule has 9 heteroatoms. The number of hydrogen-bond acceptors (Lipinski definition) is 8. The molecule has 31 heavy (non-hydrogen) atoms. The lowest BCUT2D eigenvalue weighted by Crippen LogP contribution is -2.38. The summed E-state index contributed by atoms with van der Waals surface area (Å²) in [4.78, 5) is 21.0. The fourth-order valence-electron chi connectivity index (χ4n) is 3.77. The molecule has 2 aliphatic heterocycles. The quantitative estimate of drug-likeness (QED) is 0.645. The summed E-state index contributed by atoms with van der Waals surface area (Å²) in [6.45, 7) is 2.64. The number of anilines is 2. The van der Waals surface area contributed by atoms with Crippen molar-refractivity contribution in [2.24, 2.45) is 0 Å². The van der Waals surface area contributed by atoms with E-state index in [0.717, 1.165) is 5.56 Å². The summed E-state index contributed by atoms with van der Waals surface area (Å²) in [6.07, 6.45) is 1.62. The lowest BCUT2D eigenvalue weighted by atomic mass is 10.1. The minimum Gasteiger partial charge on any atom is -0.463 e. The molecule has 3 aromatic rings. The van der Waals surface area contributed by atoms with Crippen molar-refractivity contribution >= 4 is 17.7 Å². The van der Waals surface area contributed by atoms with Gasteiger partial charge in [0.05, 0.1) is 25.5 Å². The zero-order valence-electron chi connectivity index (χ0n) is 16.9. The molecule has 2 saturated heterocycles. The van der Waals surface area contributed by atoms with Crippen molar-refractivity contribution in [3.8, 4) is 11.5 Å². The van der Waals surface area contributed by atoms with Crippen LogP contribution in [0.25, 0.3) is 11.5 Å². The third kappa shape index (κ3) is 4.23. The highest BCUT2D eigenvalue weighted by molar-refractivity contribution is 5.84. The number of benzene rings is 1. The van der Waals surface area contributed by atoms with Gasteiger partial charge >= 0.3 is 6.09 Å². The van der Waals surface area contributed by atoms with E-state index in [1.165, 1.54) is 0 Å². The Labute approximate surface area is 178 Å². The van der Waals surface area contributed by atoms with Gasteiger partial charge in [-0.05, 0) is 37.3 Å². The Hall–Kier alpha value is -3.43. The minimum atomic E-state index is -0.535. The zero-order valence-corrected chi connectivity index (χ0v) is 16.9. The number of nitrogens with one attached hydrogen (secondary N) is 2. The smallest absolute Gasteiger partial charge is 0.412 e. The highest BCUT2D eigenvalue weighted by Gasteiger charge is 2.49. The van der Waals surface area contributed by atoms with Crippen LogP contribution in [0.15, 0.2) is 59.3 Å². The Morgan fingerprint density at radius 1 is 1.10 bits per heavy atom. The van der Waals surface area contributed by atoms with Crippen molar-refractivity contribution < 1.29 is 23.4 Å². The molecule has 0 aliphatic carbocycles. The highest BCUT2D eigenvalue weighted by Crippen LogP contribution is 2.30. The van der Waals surface area contributed by atoms with Crippen LogP contribution in [-0.4, -0.2) is 53.6 Å². The second-order valence-electron chi connectivity index (χ2n) is 7.52. The van der Waals surface area contributed by atoms with E-state index in [9.17, 15) is 4.79 Å². The molecule has 0 saturated carbocycles. The number of amides is 1. The molecule has 9 nitrogen and oxygen atoms in total. The van der Waals surface area contributed by atoms with E-state index in [1.807, 2.05) is 37.3 Å². The molecule has 0 spiro atoms. The number of aryl methyl sites for hydroxylation is 1. The van der Waals surface area contributed by atoms with Crippen LogP contribution in [0.2, 0.25) is 0 Å². The normalized spacial score (nSPS) is 24.5. The first-order valence-corrected chi connectivity index (χ1v) is 10.1. The monoisotopic (exact) mass is 422 g/mol. The topological polar surface area (TPSA) is 108 Å². The lowest BCUT2D eigenvalue weighted by molar-refractivity contribution is 0.00917. The number of rotatable bonds is 5. The van der Waals surface area contributed by atoms with E-state index >= 15 is 0 Å². The van der Waals surface area contributed by atoms with Crippen LogP contribution in [0.1, 0.15) is 5.56 Å². The van der Waals surface area contributed by atoms with Crippen LogP contribution in [0.3, 0.4) is 0 Å². The number of nitrogens with zero attached hydrogens (tertiary/aromatic N) is 2. The number of carbonyl (C=O) groups excluding carboxylic acids is 1. The standard InChI is InChI=1S/C22H22N4O5/c1-13-4-6-14(7-5-13)24-22(27)31-18-12-30-19-16(11-29-20(18)19)26-21-23-9-8-15(25-21)17-3-2-10-28-17/h2-10,16,18-20H,11-12H2,1H3,(H,24,27)(H,23,25,26). The molecule has 4 atom stereocenters. The maximum atomic E-state index is 12.3. The molecule has 0 bridgehead atoms. The molecular weight excluding hydrogens is 400 g/mol. The van der Waals surface area contributed by atoms with Gasteiger partial charge in [0, 0.05) is 11.9 Å². The van der Waals surface area contributed by atoms with Crippen molar-refractivity contribution in [3.05, 3.63) is 60.5 Å². The first kappa shape index (κ1) is 19.5. The number of hydrogen-bond donors (Lipinski definition) is 2. The molecule has 0 radical (unpaired) electrons. The predicted octanol–water partition coefficient (Wildman–Crippen LogP) is 3.24. The second kappa shape index (κ2) is 8.37. The Bertz CT molecular complexity index is 1040. The number of ether oxygens (including phenoxy) is 3. The van der Waals surface area contributed by atoms with Crippen molar-refractivity contribution in [3.63, 3.8) is 0 Å². The Morgan fingerprint density at radius 2 is 1.94 bits per heavy atom. The van der Waals surface area contributed by atoms with Crippen LogP contribution in [0.4, 0.5) is 16.4 Å². The molecule has 4 heterocycles. The van der Waals surface area contributed by atoms with Gasteiger partial charge in [0.2, 0.25) is 5.95 Å². The average molecular weight is 422 g/mol. The van der Waals surface area contributed by atoms with Crippen LogP contribution in [0, 0.1) is 6.92 Å². The number of furan rings is 1. The van der Waals surface area contributed by atoms with Gasteiger partial charge in [0.25, 0.3) is 0 Å². The molecule has 2 fully saturated rings. The molecule has 2 aliphatic rings. The van der Waals surface area contributed by atoms with Crippen molar-refractivity contribution in [2.45, 2.75) is 31.3 Å². The first-order chi connectivity index (χ1) is 15.2. The van der Waals surface area contributed by atoms with Crippen LogP contribution in [-0.2, 0) is 14.2 Å². The summed E-state index contributed by atoms with van der Waals surface area (Å²) < 4.78 is 22.7. The third-order valence-electron chi connectivity index (χ3n) is 5.31. The largest absolute Gasteiger partial charge is 0.463 e. The van der Waals surface area contributed by atoms with Crippen molar-refractivity contribution in [1.29, 1.82) is 0 Å². The van der Waals surface area contributed by atoms with Crippen LogP contribution in [0.5, 0.6) is 0 Å². The maximum absolute atomic E-state index is 12.3. The summed E-state index contributed by atoms with van der Waals surface area (Å²) in [5.41, 5.74) is 2.47.